The maximum atomic E-state index is 12.7. The Morgan fingerprint density at radius 1 is 1.32 bits per heavy atom. The molecule has 1 aromatic carbocycles. The number of anilines is 1. The summed E-state index contributed by atoms with van der Waals surface area (Å²) in [4.78, 5) is 14.5. The van der Waals surface area contributed by atoms with E-state index in [2.05, 4.69) is 5.32 Å². The molecule has 1 aromatic rings. The summed E-state index contributed by atoms with van der Waals surface area (Å²) < 4.78 is 25.4. The first-order chi connectivity index (χ1) is 10.5. The first-order valence-corrected chi connectivity index (χ1v) is 9.22. The van der Waals surface area contributed by atoms with Crippen molar-refractivity contribution >= 4 is 21.6 Å². The SMILES string of the molecule is C[C@@H]1CNCCN1C(=O)c1cccc(N2CCCS2(=O)=O)c1. The van der Waals surface area contributed by atoms with Crippen LogP contribution in [0.1, 0.15) is 23.7 Å². The smallest absolute Gasteiger partial charge is 0.254 e. The predicted molar refractivity (Wildman–Crippen MR) is 85.6 cm³/mol. The van der Waals surface area contributed by atoms with Crippen LogP contribution in [-0.2, 0) is 10.0 Å². The summed E-state index contributed by atoms with van der Waals surface area (Å²) in [5.41, 5.74) is 1.14. The van der Waals surface area contributed by atoms with Crippen LogP contribution >= 0.6 is 0 Å². The van der Waals surface area contributed by atoms with Gasteiger partial charge in [0, 0.05) is 37.8 Å². The average molecular weight is 323 g/mol. The normalized spacial score (nSPS) is 24.5. The van der Waals surface area contributed by atoms with Gasteiger partial charge in [0.2, 0.25) is 10.0 Å². The van der Waals surface area contributed by atoms with Gasteiger partial charge in [-0.2, -0.15) is 0 Å². The molecular weight excluding hydrogens is 302 g/mol. The molecule has 0 aromatic heterocycles. The van der Waals surface area contributed by atoms with Gasteiger partial charge in [-0.25, -0.2) is 8.42 Å². The first-order valence-electron chi connectivity index (χ1n) is 7.61. The molecule has 0 unspecified atom stereocenters. The topological polar surface area (TPSA) is 69.7 Å². The van der Waals surface area contributed by atoms with E-state index in [0.29, 0.717) is 30.8 Å². The van der Waals surface area contributed by atoms with Crippen molar-refractivity contribution in [2.45, 2.75) is 19.4 Å². The number of hydrogen-bond acceptors (Lipinski definition) is 4. The van der Waals surface area contributed by atoms with E-state index in [9.17, 15) is 13.2 Å². The van der Waals surface area contributed by atoms with E-state index in [1.807, 2.05) is 11.8 Å². The molecule has 3 rings (SSSR count). The number of carbonyl (C=O) groups excluding carboxylic acids is 1. The molecule has 7 heteroatoms. The zero-order valence-electron chi connectivity index (χ0n) is 12.7. The van der Waals surface area contributed by atoms with Gasteiger partial charge in [0.1, 0.15) is 0 Å². The zero-order valence-corrected chi connectivity index (χ0v) is 13.5. The number of hydrogen-bond donors (Lipinski definition) is 1. The summed E-state index contributed by atoms with van der Waals surface area (Å²) in [6, 6.07) is 7.09. The molecule has 0 radical (unpaired) electrons. The molecule has 22 heavy (non-hydrogen) atoms. The number of sulfonamides is 1. The quantitative estimate of drug-likeness (QED) is 0.868. The van der Waals surface area contributed by atoms with Crippen molar-refractivity contribution in [3.63, 3.8) is 0 Å². The third kappa shape index (κ3) is 2.83. The Kier molecular flexibility index (Phi) is 4.10. The van der Waals surface area contributed by atoms with Crippen LogP contribution in [0.2, 0.25) is 0 Å². The fourth-order valence-corrected chi connectivity index (χ4v) is 4.59. The van der Waals surface area contributed by atoms with Crippen LogP contribution in [0.5, 0.6) is 0 Å². The van der Waals surface area contributed by atoms with E-state index >= 15 is 0 Å². The Balaban J connectivity index is 1.86. The third-order valence-corrected chi connectivity index (χ3v) is 6.11. The van der Waals surface area contributed by atoms with E-state index in [-0.39, 0.29) is 17.7 Å². The van der Waals surface area contributed by atoms with E-state index < -0.39 is 10.0 Å². The molecule has 1 N–H and O–H groups in total. The van der Waals surface area contributed by atoms with E-state index in [0.717, 1.165) is 13.1 Å². The van der Waals surface area contributed by atoms with Crippen molar-refractivity contribution in [3.05, 3.63) is 29.8 Å². The molecule has 0 bridgehead atoms. The largest absolute Gasteiger partial charge is 0.333 e. The van der Waals surface area contributed by atoms with Gasteiger partial charge in [-0.3, -0.25) is 9.10 Å². The molecule has 0 aliphatic carbocycles. The summed E-state index contributed by atoms with van der Waals surface area (Å²) in [6.45, 7) is 4.75. The number of benzene rings is 1. The second-order valence-corrected chi connectivity index (χ2v) is 7.86. The van der Waals surface area contributed by atoms with Gasteiger partial charge in [-0.15, -0.1) is 0 Å². The second kappa shape index (κ2) is 5.89. The number of piperazine rings is 1. The molecule has 2 saturated heterocycles. The standard InChI is InChI=1S/C15H21N3O3S/c1-12-11-16-6-8-17(12)15(19)13-4-2-5-14(10-13)18-7-3-9-22(18,20)21/h2,4-5,10,12,16H,3,6-9,11H2,1H3/t12-/m1/s1. The van der Waals surface area contributed by atoms with Crippen molar-refractivity contribution in [2.75, 3.05) is 36.2 Å². The lowest BCUT2D eigenvalue weighted by Gasteiger charge is -2.34. The van der Waals surface area contributed by atoms with Gasteiger partial charge < -0.3 is 10.2 Å². The molecular formula is C15H21N3O3S. The number of amides is 1. The van der Waals surface area contributed by atoms with Crippen LogP contribution in [0.15, 0.2) is 24.3 Å². The molecule has 0 spiro atoms. The Morgan fingerprint density at radius 2 is 2.14 bits per heavy atom. The Bertz CT molecular complexity index is 674. The summed E-state index contributed by atoms with van der Waals surface area (Å²) in [5, 5.41) is 3.26. The fourth-order valence-electron chi connectivity index (χ4n) is 3.03. The van der Waals surface area contributed by atoms with Crippen molar-refractivity contribution in [2.24, 2.45) is 0 Å². The molecule has 6 nitrogen and oxygen atoms in total. The summed E-state index contributed by atoms with van der Waals surface area (Å²) in [5.74, 6) is 0.146. The zero-order chi connectivity index (χ0) is 15.7. The highest BCUT2D eigenvalue weighted by Gasteiger charge is 2.29. The molecule has 2 heterocycles. The lowest BCUT2D eigenvalue weighted by Crippen LogP contribution is -2.52. The lowest BCUT2D eigenvalue weighted by molar-refractivity contribution is 0.0656. The lowest BCUT2D eigenvalue weighted by atomic mass is 10.1. The van der Waals surface area contributed by atoms with Crippen molar-refractivity contribution in [1.82, 2.24) is 10.2 Å². The minimum atomic E-state index is -3.22. The highest BCUT2D eigenvalue weighted by Crippen LogP contribution is 2.25. The van der Waals surface area contributed by atoms with Crippen molar-refractivity contribution < 1.29 is 13.2 Å². The van der Waals surface area contributed by atoms with E-state index in [4.69, 9.17) is 0 Å². The van der Waals surface area contributed by atoms with Crippen LogP contribution in [0.4, 0.5) is 5.69 Å². The third-order valence-electron chi connectivity index (χ3n) is 4.24. The number of carbonyl (C=O) groups is 1. The summed E-state index contributed by atoms with van der Waals surface area (Å²) in [6.07, 6.45) is 0.634. The monoisotopic (exact) mass is 323 g/mol. The Morgan fingerprint density at radius 3 is 2.82 bits per heavy atom. The van der Waals surface area contributed by atoms with Crippen LogP contribution in [0.25, 0.3) is 0 Å². The molecule has 2 aliphatic rings. The summed E-state index contributed by atoms with van der Waals surface area (Å²) >= 11 is 0. The Hall–Kier alpha value is -1.60. The predicted octanol–water partition coefficient (Wildman–Crippen LogP) is 0.660. The first kappa shape index (κ1) is 15.3. The molecule has 1 atom stereocenters. The van der Waals surface area contributed by atoms with Crippen LogP contribution in [0, 0.1) is 0 Å². The van der Waals surface area contributed by atoms with Gasteiger partial charge >= 0.3 is 0 Å². The van der Waals surface area contributed by atoms with E-state index in [1.54, 1.807) is 24.3 Å². The number of rotatable bonds is 2. The van der Waals surface area contributed by atoms with Gasteiger partial charge in [0.25, 0.3) is 5.91 Å². The minimum Gasteiger partial charge on any atom is -0.333 e. The van der Waals surface area contributed by atoms with Crippen LogP contribution < -0.4 is 9.62 Å². The van der Waals surface area contributed by atoms with Crippen molar-refractivity contribution in [1.29, 1.82) is 0 Å². The van der Waals surface area contributed by atoms with Crippen molar-refractivity contribution in [3.8, 4) is 0 Å². The van der Waals surface area contributed by atoms with Gasteiger partial charge in [-0.1, -0.05) is 6.07 Å². The maximum absolute atomic E-state index is 12.7. The number of nitrogens with one attached hydrogen (secondary N) is 1. The number of nitrogens with zero attached hydrogens (tertiary/aromatic N) is 2. The van der Waals surface area contributed by atoms with Gasteiger partial charge in [0.05, 0.1) is 11.4 Å². The fraction of sp³-hybridized carbons (Fsp3) is 0.533. The molecule has 2 fully saturated rings. The van der Waals surface area contributed by atoms with Gasteiger partial charge in [0.15, 0.2) is 0 Å². The minimum absolute atomic E-state index is 0.0348. The maximum Gasteiger partial charge on any atom is 0.254 e. The molecule has 1 amide bonds. The highest BCUT2D eigenvalue weighted by atomic mass is 32.2. The average Bonchev–Trinajstić information content (AvgIpc) is 2.86. The molecule has 120 valence electrons. The van der Waals surface area contributed by atoms with Crippen LogP contribution in [0.3, 0.4) is 0 Å². The molecule has 2 aliphatic heterocycles. The second-order valence-electron chi connectivity index (χ2n) is 5.84. The Labute approximate surface area is 131 Å². The molecule has 0 saturated carbocycles. The summed E-state index contributed by atoms with van der Waals surface area (Å²) in [7, 11) is -3.22. The van der Waals surface area contributed by atoms with E-state index in [1.165, 1.54) is 4.31 Å². The highest BCUT2D eigenvalue weighted by molar-refractivity contribution is 7.93. The van der Waals surface area contributed by atoms with Gasteiger partial charge in [-0.05, 0) is 31.5 Å². The van der Waals surface area contributed by atoms with Crippen LogP contribution in [-0.4, -0.2) is 57.2 Å².